The Bertz CT molecular complexity index is 1030. The summed E-state index contributed by atoms with van der Waals surface area (Å²) in [6.07, 6.45) is 1.86. The number of anilines is 2. The predicted octanol–water partition coefficient (Wildman–Crippen LogP) is 5.41. The first-order chi connectivity index (χ1) is 12.1. The van der Waals surface area contributed by atoms with Crippen LogP contribution in [0.25, 0.3) is 16.8 Å². The average Bonchev–Trinajstić information content (AvgIpc) is 3.01. The van der Waals surface area contributed by atoms with Gasteiger partial charge in [-0.05, 0) is 43.7 Å². The number of halogens is 1. The van der Waals surface area contributed by atoms with Crippen LogP contribution in [0, 0.1) is 13.8 Å². The molecule has 0 saturated carbocycles. The minimum absolute atomic E-state index is 0.711. The zero-order chi connectivity index (χ0) is 17.4. The van der Waals surface area contributed by atoms with E-state index in [1.807, 2.05) is 48.0 Å². The van der Waals surface area contributed by atoms with Crippen molar-refractivity contribution in [2.75, 3.05) is 5.32 Å². The normalized spacial score (nSPS) is 11.0. The maximum atomic E-state index is 5.96. The van der Waals surface area contributed by atoms with Gasteiger partial charge in [-0.15, -0.1) is 0 Å². The molecule has 1 N–H and O–H groups in total. The molecule has 0 aliphatic carbocycles. The van der Waals surface area contributed by atoms with Crippen LogP contribution in [0.15, 0.2) is 60.8 Å². The van der Waals surface area contributed by atoms with Gasteiger partial charge in [0, 0.05) is 28.0 Å². The van der Waals surface area contributed by atoms with Crippen molar-refractivity contribution in [3.63, 3.8) is 0 Å². The van der Waals surface area contributed by atoms with E-state index in [1.165, 1.54) is 5.56 Å². The van der Waals surface area contributed by atoms with Gasteiger partial charge >= 0.3 is 0 Å². The van der Waals surface area contributed by atoms with E-state index in [9.17, 15) is 0 Å². The first-order valence-electron chi connectivity index (χ1n) is 8.05. The van der Waals surface area contributed by atoms with Crippen LogP contribution in [0.5, 0.6) is 0 Å². The molecule has 0 fully saturated rings. The van der Waals surface area contributed by atoms with Crippen LogP contribution in [0.1, 0.15) is 11.3 Å². The molecule has 5 heteroatoms. The third-order valence-electron chi connectivity index (χ3n) is 4.08. The van der Waals surface area contributed by atoms with Gasteiger partial charge in [-0.25, -0.2) is 4.98 Å². The number of nitrogens with zero attached hydrogens (tertiary/aromatic N) is 3. The van der Waals surface area contributed by atoms with Gasteiger partial charge in [-0.1, -0.05) is 41.4 Å². The van der Waals surface area contributed by atoms with E-state index in [4.69, 9.17) is 16.6 Å². The average molecular weight is 349 g/mol. The molecule has 0 amide bonds. The van der Waals surface area contributed by atoms with Gasteiger partial charge in [-0.2, -0.15) is 9.61 Å². The molecule has 2 aromatic carbocycles. The van der Waals surface area contributed by atoms with E-state index in [1.54, 1.807) is 0 Å². The van der Waals surface area contributed by atoms with Gasteiger partial charge in [0.05, 0.1) is 6.20 Å². The van der Waals surface area contributed by atoms with Crippen molar-refractivity contribution in [1.82, 2.24) is 14.6 Å². The number of rotatable bonds is 3. The van der Waals surface area contributed by atoms with E-state index in [0.717, 1.165) is 34.0 Å². The maximum absolute atomic E-state index is 5.96. The van der Waals surface area contributed by atoms with E-state index >= 15 is 0 Å². The van der Waals surface area contributed by atoms with Crippen LogP contribution >= 0.6 is 11.6 Å². The molecule has 0 aliphatic heterocycles. The Morgan fingerprint density at radius 2 is 1.68 bits per heavy atom. The lowest BCUT2D eigenvalue weighted by atomic mass is 10.1. The third-order valence-corrected chi connectivity index (χ3v) is 4.33. The number of fused-ring (bicyclic) bond motifs is 1. The monoisotopic (exact) mass is 348 g/mol. The molecule has 0 spiro atoms. The second-order valence-corrected chi connectivity index (χ2v) is 6.51. The molecule has 0 atom stereocenters. The van der Waals surface area contributed by atoms with Crippen LogP contribution in [0.4, 0.5) is 11.5 Å². The van der Waals surface area contributed by atoms with Crippen LogP contribution < -0.4 is 5.32 Å². The Morgan fingerprint density at radius 3 is 2.40 bits per heavy atom. The topological polar surface area (TPSA) is 42.2 Å². The fraction of sp³-hybridized carbons (Fsp3) is 0.100. The quantitative estimate of drug-likeness (QED) is 0.538. The first-order valence-corrected chi connectivity index (χ1v) is 8.43. The van der Waals surface area contributed by atoms with Crippen LogP contribution in [0.3, 0.4) is 0 Å². The lowest BCUT2D eigenvalue weighted by Crippen LogP contribution is -2.02. The van der Waals surface area contributed by atoms with Crippen molar-refractivity contribution in [1.29, 1.82) is 0 Å². The molecule has 2 heterocycles. The summed E-state index contributed by atoms with van der Waals surface area (Å²) in [5.41, 5.74) is 6.07. The van der Waals surface area contributed by atoms with Gasteiger partial charge in [0.15, 0.2) is 5.65 Å². The largest absolute Gasteiger partial charge is 0.340 e. The molecule has 124 valence electrons. The van der Waals surface area contributed by atoms with E-state index in [2.05, 4.69) is 41.6 Å². The fourth-order valence-corrected chi connectivity index (χ4v) is 2.92. The predicted molar refractivity (Wildman–Crippen MR) is 103 cm³/mol. The summed E-state index contributed by atoms with van der Waals surface area (Å²) >= 11 is 5.96. The van der Waals surface area contributed by atoms with Crippen LogP contribution in [-0.2, 0) is 0 Å². The maximum Gasteiger partial charge on any atom is 0.165 e. The number of hydrogen-bond acceptors (Lipinski definition) is 3. The van der Waals surface area contributed by atoms with Crippen LogP contribution in [0.2, 0.25) is 5.02 Å². The molecule has 0 saturated heterocycles. The van der Waals surface area contributed by atoms with Gasteiger partial charge in [0.1, 0.15) is 5.82 Å². The second kappa shape index (κ2) is 6.22. The molecule has 0 bridgehead atoms. The fourth-order valence-electron chi connectivity index (χ4n) is 2.79. The summed E-state index contributed by atoms with van der Waals surface area (Å²) in [5, 5.41) is 8.64. The Kier molecular flexibility index (Phi) is 3.90. The Hall–Kier alpha value is -2.85. The Balaban J connectivity index is 1.81. The number of aromatic nitrogens is 3. The van der Waals surface area contributed by atoms with Gasteiger partial charge < -0.3 is 5.32 Å². The number of nitrogens with one attached hydrogen (secondary N) is 1. The third kappa shape index (κ3) is 3.08. The summed E-state index contributed by atoms with van der Waals surface area (Å²) in [6.45, 7) is 4.06. The van der Waals surface area contributed by atoms with E-state index in [-0.39, 0.29) is 0 Å². The SMILES string of the molecule is Cc1ccc(-c2cnn3c(Nc4ccc(Cl)cc4)cc(C)nc23)cc1. The highest BCUT2D eigenvalue weighted by Gasteiger charge is 2.12. The molecule has 0 unspecified atom stereocenters. The minimum Gasteiger partial charge on any atom is -0.340 e. The van der Waals surface area contributed by atoms with Gasteiger partial charge in [-0.3, -0.25) is 0 Å². The van der Waals surface area contributed by atoms with Crippen molar-refractivity contribution < 1.29 is 0 Å². The lowest BCUT2D eigenvalue weighted by molar-refractivity contribution is 0.938. The number of hydrogen-bond donors (Lipinski definition) is 1. The first kappa shape index (κ1) is 15.7. The standard InChI is InChI=1S/C20H17ClN4/c1-13-3-5-15(6-4-13)18-12-22-25-19(11-14(2)23-20(18)25)24-17-9-7-16(21)8-10-17/h3-12,24H,1-2H3. The molecule has 0 radical (unpaired) electrons. The van der Waals surface area contributed by atoms with Crippen molar-refractivity contribution in [3.05, 3.63) is 77.1 Å². The number of aryl methyl sites for hydroxylation is 2. The summed E-state index contributed by atoms with van der Waals surface area (Å²) in [7, 11) is 0. The zero-order valence-electron chi connectivity index (χ0n) is 14.0. The summed E-state index contributed by atoms with van der Waals surface area (Å²) in [4.78, 5) is 4.69. The zero-order valence-corrected chi connectivity index (χ0v) is 14.7. The van der Waals surface area contributed by atoms with Crippen molar-refractivity contribution >= 4 is 28.8 Å². The minimum atomic E-state index is 0.711. The van der Waals surface area contributed by atoms with E-state index < -0.39 is 0 Å². The smallest absolute Gasteiger partial charge is 0.165 e. The molecule has 25 heavy (non-hydrogen) atoms. The van der Waals surface area contributed by atoms with Gasteiger partial charge in [0.25, 0.3) is 0 Å². The summed E-state index contributed by atoms with van der Waals surface area (Å²) < 4.78 is 1.83. The summed E-state index contributed by atoms with van der Waals surface area (Å²) in [6, 6.07) is 18.0. The second-order valence-electron chi connectivity index (χ2n) is 6.07. The van der Waals surface area contributed by atoms with Crippen molar-refractivity contribution in [2.45, 2.75) is 13.8 Å². The van der Waals surface area contributed by atoms with Gasteiger partial charge in [0.2, 0.25) is 0 Å². The Labute approximate surface area is 151 Å². The summed E-state index contributed by atoms with van der Waals surface area (Å²) in [5.74, 6) is 0.864. The van der Waals surface area contributed by atoms with Crippen molar-refractivity contribution in [2.24, 2.45) is 0 Å². The van der Waals surface area contributed by atoms with Crippen molar-refractivity contribution in [3.8, 4) is 11.1 Å². The highest BCUT2D eigenvalue weighted by atomic mass is 35.5. The highest BCUT2D eigenvalue weighted by Crippen LogP contribution is 2.27. The molecule has 0 aliphatic rings. The lowest BCUT2D eigenvalue weighted by Gasteiger charge is -2.10. The molecule has 2 aromatic heterocycles. The molecule has 4 rings (SSSR count). The number of benzene rings is 2. The molecular weight excluding hydrogens is 332 g/mol. The van der Waals surface area contributed by atoms with E-state index in [0.29, 0.717) is 5.02 Å². The molecule has 4 aromatic rings. The highest BCUT2D eigenvalue weighted by molar-refractivity contribution is 6.30. The molecule has 4 nitrogen and oxygen atoms in total. The molecular formula is C20H17ClN4. The Morgan fingerprint density at radius 1 is 0.960 bits per heavy atom. The van der Waals surface area contributed by atoms with Crippen LogP contribution in [-0.4, -0.2) is 14.6 Å².